The van der Waals surface area contributed by atoms with Crippen molar-refractivity contribution in [3.8, 4) is 0 Å². The number of sulfonamides is 1. The number of aromatic nitrogens is 2. The molecule has 0 saturated carbocycles. The zero-order chi connectivity index (χ0) is 15.5. The van der Waals surface area contributed by atoms with Crippen molar-refractivity contribution in [1.82, 2.24) is 9.97 Å². The number of anilines is 2. The molecule has 0 saturated heterocycles. The van der Waals surface area contributed by atoms with Crippen molar-refractivity contribution in [3.63, 3.8) is 0 Å². The van der Waals surface area contributed by atoms with Gasteiger partial charge in [-0.15, -0.1) is 11.3 Å². The van der Waals surface area contributed by atoms with Crippen LogP contribution in [-0.2, 0) is 16.4 Å². The van der Waals surface area contributed by atoms with Crippen molar-refractivity contribution >= 4 is 43.3 Å². The molecule has 0 radical (unpaired) electrons. The molecule has 0 aromatic carbocycles. The first-order valence-electron chi connectivity index (χ1n) is 6.71. The highest BCUT2D eigenvalue weighted by Crippen LogP contribution is 2.30. The fourth-order valence-corrected chi connectivity index (χ4v) is 3.18. The molecule has 0 atom stereocenters. The first kappa shape index (κ1) is 15.9. The molecule has 2 aromatic rings. The molecule has 0 aliphatic rings. The molecule has 4 N–H and O–H groups in total. The van der Waals surface area contributed by atoms with E-state index in [0.29, 0.717) is 18.3 Å². The predicted octanol–water partition coefficient (Wildman–Crippen LogP) is 1.39. The second-order valence-corrected chi connectivity index (χ2v) is 7.35. The Kier molecular flexibility index (Phi) is 4.96. The highest BCUT2D eigenvalue weighted by atomic mass is 32.2. The Morgan fingerprint density at radius 2 is 2.05 bits per heavy atom. The molecule has 2 aromatic heterocycles. The van der Waals surface area contributed by atoms with Crippen molar-refractivity contribution in [2.24, 2.45) is 5.14 Å². The number of fused-ring (bicyclic) bond motifs is 1. The summed E-state index contributed by atoms with van der Waals surface area (Å²) in [5.74, 6) is 1.03. The Balaban J connectivity index is 2.31. The summed E-state index contributed by atoms with van der Waals surface area (Å²) in [5, 5.41) is 12.0. The highest BCUT2D eigenvalue weighted by Gasteiger charge is 2.12. The average Bonchev–Trinajstić information content (AvgIpc) is 2.81. The quantitative estimate of drug-likeness (QED) is 0.708. The van der Waals surface area contributed by atoms with Gasteiger partial charge in [-0.3, -0.25) is 0 Å². The van der Waals surface area contributed by atoms with E-state index in [-0.39, 0.29) is 12.3 Å². The van der Waals surface area contributed by atoms with E-state index >= 15 is 0 Å². The van der Waals surface area contributed by atoms with Crippen LogP contribution in [0.25, 0.3) is 10.2 Å². The van der Waals surface area contributed by atoms with Gasteiger partial charge in [-0.1, -0.05) is 6.92 Å². The minimum absolute atomic E-state index is 0.139. The van der Waals surface area contributed by atoms with Gasteiger partial charge in [0, 0.05) is 18.0 Å². The molecule has 0 spiro atoms. The number of nitrogens with one attached hydrogen (secondary N) is 2. The van der Waals surface area contributed by atoms with Crippen molar-refractivity contribution in [2.45, 2.75) is 20.3 Å². The molecule has 0 unspecified atom stereocenters. The van der Waals surface area contributed by atoms with E-state index in [9.17, 15) is 8.42 Å². The summed E-state index contributed by atoms with van der Waals surface area (Å²) >= 11 is 1.62. The molecule has 0 aliphatic carbocycles. The number of thiophene rings is 1. The maximum absolute atomic E-state index is 11.0. The minimum atomic E-state index is -3.49. The Labute approximate surface area is 128 Å². The van der Waals surface area contributed by atoms with Gasteiger partial charge in [-0.2, -0.15) is 4.98 Å². The van der Waals surface area contributed by atoms with Crippen molar-refractivity contribution in [2.75, 3.05) is 29.5 Å². The van der Waals surface area contributed by atoms with E-state index in [1.807, 2.05) is 13.0 Å². The standard InChI is InChI=1S/C12H19N5O2S2/c1-3-8-7-9-10(15-5-6-21(13,18)19)16-12(14-4-2)17-11(9)20-8/h7H,3-6H2,1-2H3,(H2,13,18,19)(H2,14,15,16,17). The minimum Gasteiger partial charge on any atom is -0.368 e. The maximum atomic E-state index is 11.0. The lowest BCUT2D eigenvalue weighted by Gasteiger charge is -2.08. The Morgan fingerprint density at radius 1 is 1.29 bits per heavy atom. The number of hydrogen-bond acceptors (Lipinski definition) is 7. The van der Waals surface area contributed by atoms with Crippen molar-refractivity contribution < 1.29 is 8.42 Å². The van der Waals surface area contributed by atoms with Gasteiger partial charge in [0.25, 0.3) is 0 Å². The van der Waals surface area contributed by atoms with Crippen LogP contribution in [0.5, 0.6) is 0 Å². The Bertz CT molecular complexity index is 727. The molecule has 0 amide bonds. The topological polar surface area (TPSA) is 110 Å². The molecular formula is C12H19N5O2S2. The van der Waals surface area contributed by atoms with Crippen LogP contribution in [0.3, 0.4) is 0 Å². The molecule has 2 heterocycles. The first-order valence-corrected chi connectivity index (χ1v) is 9.24. The molecular weight excluding hydrogens is 310 g/mol. The summed E-state index contributed by atoms with van der Waals surface area (Å²) in [4.78, 5) is 11.0. The summed E-state index contributed by atoms with van der Waals surface area (Å²) in [6.45, 7) is 4.98. The lowest BCUT2D eigenvalue weighted by Crippen LogP contribution is -2.22. The van der Waals surface area contributed by atoms with Gasteiger partial charge in [0.15, 0.2) is 0 Å². The zero-order valence-corrected chi connectivity index (χ0v) is 13.6. The second-order valence-electron chi connectivity index (χ2n) is 4.51. The number of nitrogens with two attached hydrogens (primary N) is 1. The summed E-state index contributed by atoms with van der Waals surface area (Å²) < 4.78 is 22.0. The lowest BCUT2D eigenvalue weighted by atomic mass is 10.3. The summed E-state index contributed by atoms with van der Waals surface area (Å²) in [6, 6.07) is 2.04. The molecule has 0 bridgehead atoms. The average molecular weight is 329 g/mol. The molecule has 2 rings (SSSR count). The Hall–Kier alpha value is -1.45. The fraction of sp³-hybridized carbons (Fsp3) is 0.500. The molecule has 0 fully saturated rings. The van der Waals surface area contributed by atoms with Crippen LogP contribution in [0.2, 0.25) is 0 Å². The third-order valence-corrected chi connectivity index (χ3v) is 4.75. The van der Waals surface area contributed by atoms with Crippen LogP contribution >= 0.6 is 11.3 Å². The van der Waals surface area contributed by atoms with Crippen LogP contribution in [-0.4, -0.2) is 37.2 Å². The lowest BCUT2D eigenvalue weighted by molar-refractivity contribution is 0.598. The van der Waals surface area contributed by atoms with Gasteiger partial charge in [0.1, 0.15) is 10.6 Å². The Morgan fingerprint density at radius 3 is 2.67 bits per heavy atom. The van der Waals surface area contributed by atoms with Gasteiger partial charge in [-0.05, 0) is 19.4 Å². The van der Waals surface area contributed by atoms with E-state index in [0.717, 1.165) is 16.6 Å². The number of primary sulfonamides is 1. The van der Waals surface area contributed by atoms with Gasteiger partial charge in [0.2, 0.25) is 16.0 Å². The number of nitrogens with zero attached hydrogens (tertiary/aromatic N) is 2. The summed E-state index contributed by atoms with van der Waals surface area (Å²) in [5.41, 5.74) is 0. The fourth-order valence-electron chi connectivity index (χ4n) is 1.83. The third kappa shape index (κ3) is 4.26. The van der Waals surface area contributed by atoms with Crippen molar-refractivity contribution in [3.05, 3.63) is 10.9 Å². The predicted molar refractivity (Wildman–Crippen MR) is 87.4 cm³/mol. The molecule has 116 valence electrons. The largest absolute Gasteiger partial charge is 0.368 e. The van der Waals surface area contributed by atoms with E-state index < -0.39 is 10.0 Å². The van der Waals surface area contributed by atoms with E-state index in [1.165, 1.54) is 4.88 Å². The smallest absolute Gasteiger partial charge is 0.226 e. The SMILES string of the molecule is CCNc1nc(NCCS(N)(=O)=O)c2cc(CC)sc2n1. The van der Waals surface area contributed by atoms with Crippen LogP contribution < -0.4 is 15.8 Å². The summed E-state index contributed by atoms with van der Waals surface area (Å²) in [6.07, 6.45) is 0.925. The van der Waals surface area contributed by atoms with Crippen LogP contribution in [0.4, 0.5) is 11.8 Å². The van der Waals surface area contributed by atoms with Gasteiger partial charge in [0.05, 0.1) is 11.1 Å². The third-order valence-electron chi connectivity index (χ3n) is 2.81. The monoisotopic (exact) mass is 329 g/mol. The first-order chi connectivity index (χ1) is 9.93. The number of rotatable bonds is 7. The van der Waals surface area contributed by atoms with Crippen molar-refractivity contribution in [1.29, 1.82) is 0 Å². The van der Waals surface area contributed by atoms with E-state index in [1.54, 1.807) is 11.3 Å². The molecule has 21 heavy (non-hydrogen) atoms. The highest BCUT2D eigenvalue weighted by molar-refractivity contribution is 7.89. The van der Waals surface area contributed by atoms with Gasteiger partial charge < -0.3 is 10.6 Å². The normalized spacial score (nSPS) is 11.8. The maximum Gasteiger partial charge on any atom is 0.226 e. The molecule has 9 heteroatoms. The van der Waals surface area contributed by atoms with Gasteiger partial charge >= 0.3 is 0 Å². The summed E-state index contributed by atoms with van der Waals surface area (Å²) in [7, 11) is -3.49. The molecule has 0 aliphatic heterocycles. The molecule has 7 nitrogen and oxygen atoms in total. The van der Waals surface area contributed by atoms with Gasteiger partial charge in [-0.25, -0.2) is 18.5 Å². The number of aryl methyl sites for hydroxylation is 1. The van der Waals surface area contributed by atoms with E-state index in [2.05, 4.69) is 27.5 Å². The van der Waals surface area contributed by atoms with Crippen LogP contribution in [0.1, 0.15) is 18.7 Å². The number of hydrogen-bond donors (Lipinski definition) is 3. The van der Waals surface area contributed by atoms with Crippen LogP contribution in [0, 0.1) is 0 Å². The van der Waals surface area contributed by atoms with Crippen LogP contribution in [0.15, 0.2) is 6.07 Å². The zero-order valence-electron chi connectivity index (χ0n) is 12.0. The van der Waals surface area contributed by atoms with E-state index in [4.69, 9.17) is 5.14 Å². The second kappa shape index (κ2) is 6.54.